The first-order valence-electron chi connectivity index (χ1n) is 7.28. The van der Waals surface area contributed by atoms with E-state index in [2.05, 4.69) is 74.6 Å². The third-order valence-electron chi connectivity index (χ3n) is 3.40. The SMILES string of the molecule is CCCNC(C)c1ccccc1Sc1ccccc1C. The van der Waals surface area contributed by atoms with Crippen LogP contribution < -0.4 is 5.32 Å². The molecule has 1 N–H and O–H groups in total. The van der Waals surface area contributed by atoms with Crippen molar-refractivity contribution in [2.75, 3.05) is 6.54 Å². The Balaban J connectivity index is 2.22. The van der Waals surface area contributed by atoms with Crippen molar-refractivity contribution in [3.63, 3.8) is 0 Å². The van der Waals surface area contributed by atoms with E-state index in [1.54, 1.807) is 0 Å². The third kappa shape index (κ3) is 3.87. The molecule has 1 nitrogen and oxygen atoms in total. The van der Waals surface area contributed by atoms with Gasteiger partial charge in [-0.3, -0.25) is 0 Å². The Morgan fingerprint density at radius 1 is 1.00 bits per heavy atom. The van der Waals surface area contributed by atoms with E-state index in [-0.39, 0.29) is 0 Å². The second kappa shape index (κ2) is 7.51. The molecule has 0 heterocycles. The van der Waals surface area contributed by atoms with Gasteiger partial charge in [-0.15, -0.1) is 0 Å². The highest BCUT2D eigenvalue weighted by Crippen LogP contribution is 2.34. The number of aryl methyl sites for hydroxylation is 1. The Morgan fingerprint density at radius 2 is 1.65 bits per heavy atom. The molecule has 2 heteroatoms. The molecule has 0 saturated heterocycles. The molecule has 0 saturated carbocycles. The Hall–Kier alpha value is -1.25. The van der Waals surface area contributed by atoms with Gasteiger partial charge < -0.3 is 5.32 Å². The van der Waals surface area contributed by atoms with E-state index in [0.717, 1.165) is 13.0 Å². The van der Waals surface area contributed by atoms with Gasteiger partial charge in [0, 0.05) is 15.8 Å². The van der Waals surface area contributed by atoms with Crippen LogP contribution in [0.2, 0.25) is 0 Å². The lowest BCUT2D eigenvalue weighted by molar-refractivity contribution is 0.564. The van der Waals surface area contributed by atoms with Crippen LogP contribution in [0.25, 0.3) is 0 Å². The maximum Gasteiger partial charge on any atom is 0.0303 e. The average Bonchev–Trinajstić information content (AvgIpc) is 2.48. The van der Waals surface area contributed by atoms with E-state index in [1.807, 2.05) is 11.8 Å². The zero-order valence-corrected chi connectivity index (χ0v) is 13.3. The molecule has 1 atom stereocenters. The van der Waals surface area contributed by atoms with Gasteiger partial charge in [0.15, 0.2) is 0 Å². The fraction of sp³-hybridized carbons (Fsp3) is 0.333. The molecule has 0 spiro atoms. The lowest BCUT2D eigenvalue weighted by Crippen LogP contribution is -2.19. The van der Waals surface area contributed by atoms with Gasteiger partial charge in [0.05, 0.1) is 0 Å². The van der Waals surface area contributed by atoms with E-state index in [4.69, 9.17) is 0 Å². The van der Waals surface area contributed by atoms with Crippen LogP contribution in [-0.2, 0) is 0 Å². The summed E-state index contributed by atoms with van der Waals surface area (Å²) >= 11 is 1.86. The van der Waals surface area contributed by atoms with Gasteiger partial charge in [0.2, 0.25) is 0 Å². The summed E-state index contributed by atoms with van der Waals surface area (Å²) in [6.45, 7) is 7.68. The molecule has 0 aromatic heterocycles. The molecule has 106 valence electrons. The van der Waals surface area contributed by atoms with Gasteiger partial charge in [-0.1, -0.05) is 55.1 Å². The first kappa shape index (κ1) is 15.1. The molecule has 0 bridgehead atoms. The van der Waals surface area contributed by atoms with Crippen molar-refractivity contribution in [3.8, 4) is 0 Å². The van der Waals surface area contributed by atoms with Crippen molar-refractivity contribution in [2.24, 2.45) is 0 Å². The summed E-state index contributed by atoms with van der Waals surface area (Å²) in [7, 11) is 0. The Bertz CT molecular complexity index is 551. The highest BCUT2D eigenvalue weighted by atomic mass is 32.2. The van der Waals surface area contributed by atoms with Crippen LogP contribution in [0, 0.1) is 6.92 Å². The lowest BCUT2D eigenvalue weighted by atomic mass is 10.1. The van der Waals surface area contributed by atoms with E-state index >= 15 is 0 Å². The van der Waals surface area contributed by atoms with E-state index in [1.165, 1.54) is 20.9 Å². The minimum absolute atomic E-state index is 0.391. The number of nitrogens with one attached hydrogen (secondary N) is 1. The number of benzene rings is 2. The summed E-state index contributed by atoms with van der Waals surface area (Å²) in [5, 5.41) is 3.58. The normalized spacial score (nSPS) is 12.3. The predicted molar refractivity (Wildman–Crippen MR) is 88.5 cm³/mol. The van der Waals surface area contributed by atoms with Crippen molar-refractivity contribution in [1.82, 2.24) is 5.32 Å². The number of hydrogen-bond acceptors (Lipinski definition) is 2. The summed E-state index contributed by atoms with van der Waals surface area (Å²) in [6.07, 6.45) is 1.16. The van der Waals surface area contributed by atoms with Gasteiger partial charge in [-0.2, -0.15) is 0 Å². The van der Waals surface area contributed by atoms with E-state index in [0.29, 0.717) is 6.04 Å². The van der Waals surface area contributed by atoms with Gasteiger partial charge in [0.25, 0.3) is 0 Å². The Labute approximate surface area is 126 Å². The van der Waals surface area contributed by atoms with Crippen LogP contribution >= 0.6 is 11.8 Å². The third-order valence-corrected chi connectivity index (χ3v) is 4.67. The van der Waals surface area contributed by atoms with Crippen LogP contribution in [0.1, 0.15) is 37.4 Å². The number of hydrogen-bond donors (Lipinski definition) is 1. The molecular formula is C18H23NS. The molecule has 0 aliphatic rings. The van der Waals surface area contributed by atoms with E-state index < -0.39 is 0 Å². The summed E-state index contributed by atoms with van der Waals surface area (Å²) in [5.41, 5.74) is 2.72. The van der Waals surface area contributed by atoms with Crippen LogP contribution in [0.15, 0.2) is 58.3 Å². The van der Waals surface area contributed by atoms with Crippen LogP contribution in [0.4, 0.5) is 0 Å². The average molecular weight is 285 g/mol. The van der Waals surface area contributed by atoms with Gasteiger partial charge >= 0.3 is 0 Å². The standard InChI is InChI=1S/C18H23NS/c1-4-13-19-15(3)16-10-6-8-12-18(16)20-17-11-7-5-9-14(17)2/h5-12,15,19H,4,13H2,1-3H3. The molecule has 0 aliphatic heterocycles. The van der Waals surface area contributed by atoms with Crippen molar-refractivity contribution < 1.29 is 0 Å². The summed E-state index contributed by atoms with van der Waals surface area (Å²) < 4.78 is 0. The van der Waals surface area contributed by atoms with Crippen LogP contribution in [0.3, 0.4) is 0 Å². The monoisotopic (exact) mass is 285 g/mol. The van der Waals surface area contributed by atoms with Gasteiger partial charge in [0.1, 0.15) is 0 Å². The fourth-order valence-electron chi connectivity index (χ4n) is 2.19. The molecule has 2 rings (SSSR count). The van der Waals surface area contributed by atoms with Crippen molar-refractivity contribution in [1.29, 1.82) is 0 Å². The Kier molecular flexibility index (Phi) is 5.69. The summed E-state index contributed by atoms with van der Waals surface area (Å²) in [5.74, 6) is 0. The topological polar surface area (TPSA) is 12.0 Å². The minimum atomic E-state index is 0.391. The zero-order chi connectivity index (χ0) is 14.4. The van der Waals surface area contributed by atoms with Crippen LogP contribution in [0.5, 0.6) is 0 Å². The molecule has 20 heavy (non-hydrogen) atoms. The van der Waals surface area contributed by atoms with Crippen molar-refractivity contribution >= 4 is 11.8 Å². The molecule has 0 radical (unpaired) electrons. The molecule has 2 aromatic rings. The molecule has 1 unspecified atom stereocenters. The predicted octanol–water partition coefficient (Wildman–Crippen LogP) is 5.21. The maximum absolute atomic E-state index is 3.58. The molecule has 0 amide bonds. The zero-order valence-electron chi connectivity index (χ0n) is 12.5. The quantitative estimate of drug-likeness (QED) is 0.782. The van der Waals surface area contributed by atoms with Crippen LogP contribution in [-0.4, -0.2) is 6.54 Å². The fourth-order valence-corrected chi connectivity index (χ4v) is 3.31. The number of rotatable bonds is 6. The van der Waals surface area contributed by atoms with Crippen molar-refractivity contribution in [2.45, 2.75) is 43.0 Å². The Morgan fingerprint density at radius 3 is 2.35 bits per heavy atom. The van der Waals surface area contributed by atoms with Crippen molar-refractivity contribution in [3.05, 3.63) is 59.7 Å². The lowest BCUT2D eigenvalue weighted by Gasteiger charge is -2.18. The first-order chi connectivity index (χ1) is 9.72. The van der Waals surface area contributed by atoms with Gasteiger partial charge in [-0.05, 0) is 50.1 Å². The first-order valence-corrected chi connectivity index (χ1v) is 8.09. The molecule has 0 aliphatic carbocycles. The summed E-state index contributed by atoms with van der Waals surface area (Å²) in [4.78, 5) is 2.68. The second-order valence-corrected chi connectivity index (χ2v) is 6.16. The van der Waals surface area contributed by atoms with Gasteiger partial charge in [-0.25, -0.2) is 0 Å². The highest BCUT2D eigenvalue weighted by molar-refractivity contribution is 7.99. The molecular weight excluding hydrogens is 262 g/mol. The second-order valence-electron chi connectivity index (χ2n) is 5.08. The maximum atomic E-state index is 3.58. The summed E-state index contributed by atoms with van der Waals surface area (Å²) in [6, 6.07) is 17.7. The highest BCUT2D eigenvalue weighted by Gasteiger charge is 2.11. The largest absolute Gasteiger partial charge is 0.310 e. The molecule has 2 aromatic carbocycles. The molecule has 0 fully saturated rings. The smallest absolute Gasteiger partial charge is 0.0303 e. The minimum Gasteiger partial charge on any atom is -0.310 e. The van der Waals surface area contributed by atoms with E-state index in [9.17, 15) is 0 Å².